The number of rotatable bonds is 6. The number of alkyl halides is 3. The highest BCUT2D eigenvalue weighted by Crippen LogP contribution is 2.28. The Bertz CT molecular complexity index is 801. The molecule has 0 spiro atoms. The van der Waals surface area contributed by atoms with Crippen LogP contribution in [-0.4, -0.2) is 29.1 Å². The summed E-state index contributed by atoms with van der Waals surface area (Å²) in [6.07, 6.45) is -5.02. The molecule has 0 aliphatic rings. The smallest absolute Gasteiger partial charge is 0.405 e. The van der Waals surface area contributed by atoms with Gasteiger partial charge in [-0.3, -0.25) is 9.59 Å². The molecule has 0 radical (unpaired) electrons. The van der Waals surface area contributed by atoms with Gasteiger partial charge in [0.1, 0.15) is 24.0 Å². The minimum absolute atomic E-state index is 0.0218. The molecule has 1 unspecified atom stereocenters. The molecule has 0 aliphatic heterocycles. The van der Waals surface area contributed by atoms with Crippen molar-refractivity contribution in [2.24, 2.45) is 12.8 Å². The van der Waals surface area contributed by atoms with Crippen molar-refractivity contribution < 1.29 is 27.5 Å². The predicted octanol–water partition coefficient (Wildman–Crippen LogP) is 2.56. The number of hydrogen-bond acceptors (Lipinski definition) is 3. The summed E-state index contributed by atoms with van der Waals surface area (Å²) in [5.41, 5.74) is 5.87. The third kappa shape index (κ3) is 4.56. The SMILES string of the molecule is CC(Oc1cc(C(=O)NCC(F)(F)F)n(C)c1C(N)=O)c1ccccc1. The van der Waals surface area contributed by atoms with Crippen LogP contribution in [0.15, 0.2) is 36.4 Å². The minimum atomic E-state index is -4.55. The molecule has 3 N–H and O–H groups in total. The van der Waals surface area contributed by atoms with Gasteiger partial charge in [-0.05, 0) is 12.5 Å². The fourth-order valence-electron chi connectivity index (χ4n) is 2.42. The van der Waals surface area contributed by atoms with E-state index < -0.39 is 30.6 Å². The van der Waals surface area contributed by atoms with E-state index in [-0.39, 0.29) is 17.1 Å². The summed E-state index contributed by atoms with van der Waals surface area (Å²) < 4.78 is 43.7. The quantitative estimate of drug-likeness (QED) is 0.821. The Kier molecular flexibility index (Phi) is 5.59. The van der Waals surface area contributed by atoms with Gasteiger partial charge in [0.2, 0.25) is 0 Å². The van der Waals surface area contributed by atoms with Gasteiger partial charge < -0.3 is 20.4 Å². The van der Waals surface area contributed by atoms with Gasteiger partial charge in [-0.2, -0.15) is 13.2 Å². The van der Waals surface area contributed by atoms with Crippen molar-refractivity contribution in [2.75, 3.05) is 6.54 Å². The van der Waals surface area contributed by atoms with E-state index in [0.29, 0.717) is 0 Å². The van der Waals surface area contributed by atoms with Crippen LogP contribution in [0.5, 0.6) is 5.75 Å². The van der Waals surface area contributed by atoms with E-state index in [4.69, 9.17) is 10.5 Å². The number of nitrogens with two attached hydrogens (primary N) is 1. The third-order valence-electron chi connectivity index (χ3n) is 3.69. The highest BCUT2D eigenvalue weighted by molar-refractivity contribution is 5.99. The van der Waals surface area contributed by atoms with E-state index in [1.54, 1.807) is 12.2 Å². The lowest BCUT2D eigenvalue weighted by Gasteiger charge is -2.15. The molecule has 0 fully saturated rings. The highest BCUT2D eigenvalue weighted by Gasteiger charge is 2.30. The van der Waals surface area contributed by atoms with Crippen molar-refractivity contribution in [3.05, 3.63) is 53.3 Å². The van der Waals surface area contributed by atoms with Crippen LogP contribution in [0, 0.1) is 0 Å². The average Bonchev–Trinajstić information content (AvgIpc) is 2.89. The van der Waals surface area contributed by atoms with Gasteiger partial charge in [-0.1, -0.05) is 30.3 Å². The van der Waals surface area contributed by atoms with Crippen molar-refractivity contribution in [1.29, 1.82) is 0 Å². The zero-order chi connectivity index (χ0) is 19.5. The van der Waals surface area contributed by atoms with Gasteiger partial charge >= 0.3 is 6.18 Å². The maximum absolute atomic E-state index is 12.3. The number of primary amides is 1. The first-order valence-corrected chi connectivity index (χ1v) is 7.66. The maximum Gasteiger partial charge on any atom is 0.405 e. The fraction of sp³-hybridized carbons (Fsp3) is 0.294. The predicted molar refractivity (Wildman–Crippen MR) is 87.8 cm³/mol. The number of carbonyl (C=O) groups is 2. The van der Waals surface area contributed by atoms with E-state index >= 15 is 0 Å². The second-order valence-electron chi connectivity index (χ2n) is 5.63. The summed E-state index contributed by atoms with van der Waals surface area (Å²) in [6, 6.07) is 10.3. The van der Waals surface area contributed by atoms with Crippen LogP contribution in [0.1, 0.15) is 39.6 Å². The second-order valence-corrected chi connectivity index (χ2v) is 5.63. The molecule has 2 rings (SSSR count). The number of halogens is 3. The highest BCUT2D eigenvalue weighted by atomic mass is 19.4. The first-order valence-electron chi connectivity index (χ1n) is 7.66. The van der Waals surface area contributed by atoms with Crippen LogP contribution in [0.3, 0.4) is 0 Å². The summed E-state index contributed by atoms with van der Waals surface area (Å²) >= 11 is 0. The Hall–Kier alpha value is -2.97. The fourth-order valence-corrected chi connectivity index (χ4v) is 2.42. The monoisotopic (exact) mass is 369 g/mol. The van der Waals surface area contributed by atoms with Crippen molar-refractivity contribution in [1.82, 2.24) is 9.88 Å². The Morgan fingerprint density at radius 1 is 1.27 bits per heavy atom. The molecular weight excluding hydrogens is 351 g/mol. The van der Waals surface area contributed by atoms with Crippen LogP contribution < -0.4 is 15.8 Å². The molecule has 2 amide bonds. The first kappa shape index (κ1) is 19.4. The lowest BCUT2D eigenvalue weighted by molar-refractivity contribution is -0.123. The summed E-state index contributed by atoms with van der Waals surface area (Å²) in [6.45, 7) is 0.246. The molecule has 2 aromatic rings. The Labute approximate surface area is 147 Å². The van der Waals surface area contributed by atoms with Gasteiger partial charge in [0.05, 0.1) is 0 Å². The number of carbonyl (C=O) groups excluding carboxylic acids is 2. The average molecular weight is 369 g/mol. The number of hydrogen-bond donors (Lipinski definition) is 2. The van der Waals surface area contributed by atoms with Crippen molar-refractivity contribution in [3.8, 4) is 5.75 Å². The van der Waals surface area contributed by atoms with E-state index in [1.165, 1.54) is 13.1 Å². The zero-order valence-corrected chi connectivity index (χ0v) is 14.1. The van der Waals surface area contributed by atoms with Crippen molar-refractivity contribution >= 4 is 11.8 Å². The molecule has 1 atom stereocenters. The summed E-state index contributed by atoms with van der Waals surface area (Å²) in [7, 11) is 1.35. The topological polar surface area (TPSA) is 86.3 Å². The van der Waals surface area contributed by atoms with E-state index in [9.17, 15) is 22.8 Å². The molecule has 140 valence electrons. The number of nitrogens with zero attached hydrogens (tertiary/aromatic N) is 1. The molecule has 0 aliphatic carbocycles. The van der Waals surface area contributed by atoms with Gasteiger partial charge in [0, 0.05) is 13.1 Å². The second kappa shape index (κ2) is 7.51. The zero-order valence-electron chi connectivity index (χ0n) is 14.1. The largest absolute Gasteiger partial charge is 0.484 e. The number of benzene rings is 1. The van der Waals surface area contributed by atoms with E-state index in [1.807, 2.05) is 30.3 Å². The van der Waals surface area contributed by atoms with E-state index in [0.717, 1.165) is 10.1 Å². The van der Waals surface area contributed by atoms with Gasteiger partial charge in [-0.25, -0.2) is 0 Å². The summed E-state index contributed by atoms with van der Waals surface area (Å²) in [5.74, 6) is -1.83. The van der Waals surface area contributed by atoms with Crippen LogP contribution in [-0.2, 0) is 7.05 Å². The number of aromatic nitrogens is 1. The number of amides is 2. The van der Waals surface area contributed by atoms with Gasteiger partial charge in [0.25, 0.3) is 11.8 Å². The molecule has 26 heavy (non-hydrogen) atoms. The van der Waals surface area contributed by atoms with Crippen LogP contribution >= 0.6 is 0 Å². The molecular formula is C17H18F3N3O3. The number of ether oxygens (including phenoxy) is 1. The standard InChI is InChI=1S/C17H18F3N3O3/c1-10(11-6-4-3-5-7-11)26-13-8-12(23(2)14(13)15(21)24)16(25)22-9-17(18,19)20/h3-8,10H,9H2,1-2H3,(H2,21,24)(H,22,25). The minimum Gasteiger partial charge on any atom is -0.484 e. The summed E-state index contributed by atoms with van der Waals surface area (Å²) in [5, 5.41) is 1.75. The lowest BCUT2D eigenvalue weighted by Crippen LogP contribution is -2.34. The normalized spacial score (nSPS) is 12.5. The Morgan fingerprint density at radius 2 is 1.88 bits per heavy atom. The van der Waals surface area contributed by atoms with Crippen molar-refractivity contribution in [3.63, 3.8) is 0 Å². The molecule has 0 saturated heterocycles. The number of nitrogens with one attached hydrogen (secondary N) is 1. The Balaban J connectivity index is 2.29. The molecule has 9 heteroatoms. The summed E-state index contributed by atoms with van der Waals surface area (Å²) in [4.78, 5) is 23.7. The molecule has 1 heterocycles. The molecule has 1 aromatic heterocycles. The molecule has 6 nitrogen and oxygen atoms in total. The van der Waals surface area contributed by atoms with E-state index in [2.05, 4.69) is 0 Å². The first-order chi connectivity index (χ1) is 12.1. The Morgan fingerprint density at radius 3 is 2.42 bits per heavy atom. The van der Waals surface area contributed by atoms with Gasteiger partial charge in [0.15, 0.2) is 5.75 Å². The lowest BCUT2D eigenvalue weighted by atomic mass is 10.1. The van der Waals surface area contributed by atoms with Crippen LogP contribution in [0.4, 0.5) is 13.2 Å². The third-order valence-corrected chi connectivity index (χ3v) is 3.69. The maximum atomic E-state index is 12.3. The molecule has 0 bridgehead atoms. The molecule has 0 saturated carbocycles. The van der Waals surface area contributed by atoms with Crippen LogP contribution in [0.25, 0.3) is 0 Å². The van der Waals surface area contributed by atoms with Crippen molar-refractivity contribution in [2.45, 2.75) is 19.2 Å². The van der Waals surface area contributed by atoms with Crippen LogP contribution in [0.2, 0.25) is 0 Å². The van der Waals surface area contributed by atoms with Gasteiger partial charge in [-0.15, -0.1) is 0 Å². The molecule has 1 aromatic carbocycles.